The summed E-state index contributed by atoms with van der Waals surface area (Å²) in [6.07, 6.45) is 4.17. The van der Waals surface area contributed by atoms with Crippen LogP contribution < -0.4 is 4.74 Å². The van der Waals surface area contributed by atoms with Crippen LogP contribution in [-0.2, 0) is 14.2 Å². The van der Waals surface area contributed by atoms with Crippen molar-refractivity contribution < 1.29 is 28.5 Å². The lowest BCUT2D eigenvalue weighted by molar-refractivity contribution is -0.0147. The molecule has 0 N–H and O–H groups in total. The van der Waals surface area contributed by atoms with Crippen molar-refractivity contribution in [3.8, 4) is 5.75 Å². The number of fused-ring (bicyclic) bond motifs is 1. The average Bonchev–Trinajstić information content (AvgIpc) is 2.93. The molecule has 0 spiro atoms. The van der Waals surface area contributed by atoms with Crippen LogP contribution in [0.1, 0.15) is 98.0 Å². The molecule has 226 valence electrons. The number of piperidine rings is 1. The number of carbonyl (C=O) groups excluding carboxylic acids is 2. The highest BCUT2D eigenvalue weighted by Gasteiger charge is 2.36. The summed E-state index contributed by atoms with van der Waals surface area (Å²) in [4.78, 5) is 27.1. The van der Waals surface area contributed by atoms with Gasteiger partial charge in [-0.05, 0) is 81.6 Å². The van der Waals surface area contributed by atoms with Gasteiger partial charge in [-0.2, -0.15) is 0 Å². The molecule has 0 aromatic heterocycles. The smallest absolute Gasteiger partial charge is 0.410 e. The second-order valence-corrected chi connectivity index (χ2v) is 9.60. The first-order valence-electron chi connectivity index (χ1n) is 14.2. The molecule has 1 amide bonds. The molecule has 0 bridgehead atoms. The molecule has 2 aromatic rings. The van der Waals surface area contributed by atoms with E-state index in [9.17, 15) is 9.59 Å². The number of hydrogen-bond acceptors (Lipinski definition) is 6. The van der Waals surface area contributed by atoms with Gasteiger partial charge in [-0.3, -0.25) is 0 Å². The summed E-state index contributed by atoms with van der Waals surface area (Å²) in [6.45, 7) is 19.5. The van der Waals surface area contributed by atoms with Crippen LogP contribution in [0.3, 0.4) is 0 Å². The van der Waals surface area contributed by atoms with E-state index in [4.69, 9.17) is 18.9 Å². The monoisotopic (exact) mass is 559 g/mol. The predicted molar refractivity (Wildman–Crippen MR) is 166 cm³/mol. The quantitative estimate of drug-likeness (QED) is 0.250. The van der Waals surface area contributed by atoms with Crippen molar-refractivity contribution in [3.63, 3.8) is 0 Å². The van der Waals surface area contributed by atoms with E-state index < -0.39 is 11.6 Å². The zero-order valence-electron chi connectivity index (χ0n) is 25.6. The first-order valence-corrected chi connectivity index (χ1v) is 14.2. The van der Waals surface area contributed by atoms with E-state index in [-0.39, 0.29) is 25.5 Å². The van der Waals surface area contributed by atoms with Gasteiger partial charge in [0.1, 0.15) is 11.4 Å². The summed E-state index contributed by atoms with van der Waals surface area (Å²) in [5, 5.41) is 1.66. The fourth-order valence-corrected chi connectivity index (χ4v) is 4.41. The molecule has 0 saturated carbocycles. The molecule has 2 aromatic carbocycles. The zero-order chi connectivity index (χ0) is 29.6. The van der Waals surface area contributed by atoms with Crippen LogP contribution in [0.2, 0.25) is 0 Å². The number of nitrogens with zero attached hydrogens (tertiary/aromatic N) is 1. The molecule has 0 aliphatic carbocycles. The number of hydrogen-bond donors (Lipinski definition) is 0. The van der Waals surface area contributed by atoms with Gasteiger partial charge in [0.05, 0.1) is 32.0 Å². The van der Waals surface area contributed by atoms with Gasteiger partial charge in [0.25, 0.3) is 0 Å². The van der Waals surface area contributed by atoms with Crippen LogP contribution in [0.25, 0.3) is 10.8 Å². The Morgan fingerprint density at radius 3 is 2.30 bits per heavy atom. The second-order valence-electron chi connectivity index (χ2n) is 9.60. The highest BCUT2D eigenvalue weighted by molar-refractivity contribution is 6.06. The second kappa shape index (κ2) is 18.3. The first kappa shape index (κ1) is 36.9. The highest BCUT2D eigenvalue weighted by atomic mass is 16.6. The number of rotatable bonds is 7. The maximum Gasteiger partial charge on any atom is 0.410 e. The fourth-order valence-electron chi connectivity index (χ4n) is 4.41. The van der Waals surface area contributed by atoms with Gasteiger partial charge in [0.15, 0.2) is 0 Å². The van der Waals surface area contributed by atoms with E-state index in [0.29, 0.717) is 38.3 Å². The zero-order valence-corrected chi connectivity index (χ0v) is 25.6. The number of carbonyl (C=O) groups is 2. The normalized spacial score (nSPS) is 16.6. The van der Waals surface area contributed by atoms with Crippen LogP contribution in [0.15, 0.2) is 42.5 Å². The minimum absolute atomic E-state index is 0. The minimum Gasteiger partial charge on any atom is -0.494 e. The SMILES string of the molecule is C.C/C=C/COC1CCN(C(=O)OC(C)(C)C)CC1c1ccc(C(=O)OC)c2ccc(OCC)cc12.CC.CC. The number of esters is 1. The van der Waals surface area contributed by atoms with Gasteiger partial charge in [0.2, 0.25) is 0 Å². The van der Waals surface area contributed by atoms with Crippen LogP contribution in [0, 0.1) is 0 Å². The lowest BCUT2D eigenvalue weighted by Gasteiger charge is -2.39. The van der Waals surface area contributed by atoms with E-state index in [0.717, 1.165) is 22.1 Å². The van der Waals surface area contributed by atoms with Crippen molar-refractivity contribution in [3.05, 3.63) is 53.6 Å². The topological polar surface area (TPSA) is 74.3 Å². The molecular weight excluding hydrogens is 506 g/mol. The molecule has 1 heterocycles. The Morgan fingerprint density at radius 2 is 1.73 bits per heavy atom. The Bertz CT molecular complexity index is 1070. The molecule has 3 rings (SSSR count). The van der Waals surface area contributed by atoms with E-state index in [1.807, 2.05) is 98.7 Å². The summed E-state index contributed by atoms with van der Waals surface area (Å²) < 4.78 is 22.7. The molecule has 1 aliphatic rings. The number of benzene rings is 2. The lowest BCUT2D eigenvalue weighted by atomic mass is 9.84. The third-order valence-electron chi connectivity index (χ3n) is 5.98. The molecule has 2 atom stereocenters. The van der Waals surface area contributed by atoms with Crippen LogP contribution in [0.5, 0.6) is 5.75 Å². The highest BCUT2D eigenvalue weighted by Crippen LogP contribution is 2.37. The summed E-state index contributed by atoms with van der Waals surface area (Å²) >= 11 is 0. The Kier molecular flexibility index (Phi) is 16.9. The Balaban J connectivity index is 0.00000291. The molecule has 2 unspecified atom stereocenters. The third-order valence-corrected chi connectivity index (χ3v) is 5.98. The third kappa shape index (κ3) is 10.2. The number of likely N-dealkylation sites (tertiary alicyclic amines) is 1. The molecule has 0 radical (unpaired) electrons. The molecular formula is C33H53NO6. The van der Waals surface area contributed by atoms with E-state index in [1.165, 1.54) is 7.11 Å². The van der Waals surface area contributed by atoms with E-state index in [2.05, 4.69) is 0 Å². The van der Waals surface area contributed by atoms with Gasteiger partial charge in [-0.25, -0.2) is 9.59 Å². The maximum absolute atomic E-state index is 12.9. The summed E-state index contributed by atoms with van der Waals surface area (Å²) in [7, 11) is 1.38. The van der Waals surface area contributed by atoms with Gasteiger partial charge in [-0.1, -0.05) is 53.3 Å². The van der Waals surface area contributed by atoms with Crippen LogP contribution in [0.4, 0.5) is 4.79 Å². The number of allylic oxidation sites excluding steroid dienone is 1. The number of ether oxygens (including phenoxy) is 4. The van der Waals surface area contributed by atoms with Gasteiger partial charge < -0.3 is 23.8 Å². The lowest BCUT2D eigenvalue weighted by Crippen LogP contribution is -2.47. The van der Waals surface area contributed by atoms with Crippen LogP contribution >= 0.6 is 0 Å². The molecule has 1 fully saturated rings. The summed E-state index contributed by atoms with van der Waals surface area (Å²) in [6, 6.07) is 9.44. The van der Waals surface area contributed by atoms with Gasteiger partial charge in [0, 0.05) is 19.0 Å². The first-order chi connectivity index (χ1) is 18.7. The largest absolute Gasteiger partial charge is 0.494 e. The van der Waals surface area contributed by atoms with Crippen molar-refractivity contribution in [1.82, 2.24) is 4.90 Å². The molecule has 7 nitrogen and oxygen atoms in total. The van der Waals surface area contributed by atoms with Gasteiger partial charge in [-0.15, -0.1) is 0 Å². The maximum atomic E-state index is 12.9. The van der Waals surface area contributed by atoms with Crippen molar-refractivity contribution in [2.45, 2.75) is 93.8 Å². The van der Waals surface area contributed by atoms with Crippen LogP contribution in [-0.4, -0.2) is 62.1 Å². The Morgan fingerprint density at radius 1 is 1.05 bits per heavy atom. The van der Waals surface area contributed by atoms with Gasteiger partial charge >= 0.3 is 12.1 Å². The standard InChI is InChI=1S/C28H37NO6.2C2H6.CH4/c1-7-9-16-34-25-14-15-29(27(31)35-28(3,4)5)18-24(25)21-12-13-22(26(30)32-6)20-11-10-19(33-8-2)17-23(20)21;2*1-2;/h7,9-13,17,24-25H,8,14-16,18H2,1-6H3;2*1-2H3;1H4/b9-7+;;;. The fraction of sp³-hybridized carbons (Fsp3) is 0.576. The van der Waals surface area contributed by atoms with Crippen molar-refractivity contribution in [2.24, 2.45) is 0 Å². The Labute approximate surface area is 242 Å². The minimum atomic E-state index is -0.576. The number of methoxy groups -OCH3 is 1. The van der Waals surface area contributed by atoms with E-state index in [1.54, 1.807) is 11.0 Å². The van der Waals surface area contributed by atoms with Crippen molar-refractivity contribution in [2.75, 3.05) is 33.4 Å². The van der Waals surface area contributed by atoms with Crippen molar-refractivity contribution in [1.29, 1.82) is 0 Å². The molecule has 7 heteroatoms. The summed E-state index contributed by atoms with van der Waals surface area (Å²) in [5.74, 6) is 0.202. The Hall–Kier alpha value is -3.06. The van der Waals surface area contributed by atoms with Crippen molar-refractivity contribution >= 4 is 22.8 Å². The van der Waals surface area contributed by atoms with E-state index >= 15 is 0 Å². The average molecular weight is 560 g/mol. The predicted octanol–water partition coefficient (Wildman–Crippen LogP) is 8.40. The molecule has 1 saturated heterocycles. The number of amides is 1. The summed E-state index contributed by atoms with van der Waals surface area (Å²) in [5.41, 5.74) is 0.904. The molecule has 40 heavy (non-hydrogen) atoms. The molecule has 1 aliphatic heterocycles.